The number of benzene rings is 2. The summed E-state index contributed by atoms with van der Waals surface area (Å²) in [5, 5.41) is 6.70. The topological polar surface area (TPSA) is 73.3 Å². The molecule has 7 nitrogen and oxygen atoms in total. The summed E-state index contributed by atoms with van der Waals surface area (Å²) in [4.78, 5) is 4.30. The molecule has 0 aliphatic rings. The molecule has 0 spiro atoms. The highest BCUT2D eigenvalue weighted by Crippen LogP contribution is 2.39. The standard InChI is InChI=1S/C24H35N3O4.HI/c1-18(16-31-17-19-9-7-6-8-10-19)15-27-24(25-2)26-14-13-20-11-12-21(28-3)23(30-5)22(20)29-4;/h6-12,18H,13-17H2,1-5H3,(H2,25,26,27);1H. The van der Waals surface area contributed by atoms with Crippen LogP contribution in [-0.4, -0.2) is 54.0 Å². The molecule has 2 N–H and O–H groups in total. The van der Waals surface area contributed by atoms with E-state index in [1.54, 1.807) is 28.4 Å². The lowest BCUT2D eigenvalue weighted by atomic mass is 10.1. The molecule has 2 aromatic carbocycles. The van der Waals surface area contributed by atoms with Gasteiger partial charge in [-0.05, 0) is 24.0 Å². The molecule has 0 aromatic heterocycles. The molecule has 2 aromatic rings. The quantitative estimate of drug-likeness (QED) is 0.235. The van der Waals surface area contributed by atoms with Crippen molar-refractivity contribution in [3.05, 3.63) is 53.6 Å². The summed E-state index contributed by atoms with van der Waals surface area (Å²) in [6, 6.07) is 14.1. The van der Waals surface area contributed by atoms with Crippen molar-refractivity contribution in [3.63, 3.8) is 0 Å². The van der Waals surface area contributed by atoms with Crippen LogP contribution >= 0.6 is 24.0 Å². The van der Waals surface area contributed by atoms with E-state index in [1.807, 2.05) is 30.3 Å². The summed E-state index contributed by atoms with van der Waals surface area (Å²) in [7, 11) is 6.62. The number of hydrogen-bond donors (Lipinski definition) is 2. The maximum atomic E-state index is 5.82. The van der Waals surface area contributed by atoms with E-state index in [4.69, 9.17) is 18.9 Å². The van der Waals surface area contributed by atoms with Crippen LogP contribution in [0.3, 0.4) is 0 Å². The molecule has 0 amide bonds. The molecule has 1 unspecified atom stereocenters. The predicted molar refractivity (Wildman–Crippen MR) is 140 cm³/mol. The first-order valence-electron chi connectivity index (χ1n) is 10.5. The third-order valence-corrected chi connectivity index (χ3v) is 4.83. The van der Waals surface area contributed by atoms with Crippen LogP contribution in [0.2, 0.25) is 0 Å². The molecule has 8 heteroatoms. The molecule has 32 heavy (non-hydrogen) atoms. The minimum Gasteiger partial charge on any atom is -0.493 e. The lowest BCUT2D eigenvalue weighted by Crippen LogP contribution is -2.40. The van der Waals surface area contributed by atoms with Gasteiger partial charge in [-0.25, -0.2) is 0 Å². The molecule has 0 aliphatic carbocycles. The van der Waals surface area contributed by atoms with Crippen LogP contribution in [0.15, 0.2) is 47.5 Å². The van der Waals surface area contributed by atoms with E-state index in [0.29, 0.717) is 42.9 Å². The lowest BCUT2D eigenvalue weighted by Gasteiger charge is -2.18. The van der Waals surface area contributed by atoms with Crippen molar-refractivity contribution in [2.75, 3.05) is 48.1 Å². The summed E-state index contributed by atoms with van der Waals surface area (Å²) in [5.41, 5.74) is 2.22. The Morgan fingerprint density at radius 2 is 1.66 bits per heavy atom. The maximum absolute atomic E-state index is 5.82. The Bertz CT molecular complexity index is 818. The Morgan fingerprint density at radius 3 is 2.28 bits per heavy atom. The number of aliphatic imine (C=N–C) groups is 1. The van der Waals surface area contributed by atoms with Crippen molar-refractivity contribution in [1.82, 2.24) is 10.6 Å². The van der Waals surface area contributed by atoms with Crippen LogP contribution < -0.4 is 24.8 Å². The van der Waals surface area contributed by atoms with Crippen molar-refractivity contribution >= 4 is 29.9 Å². The van der Waals surface area contributed by atoms with E-state index in [-0.39, 0.29) is 24.0 Å². The smallest absolute Gasteiger partial charge is 0.203 e. The zero-order valence-corrected chi connectivity index (χ0v) is 22.0. The van der Waals surface area contributed by atoms with Crippen molar-refractivity contribution < 1.29 is 18.9 Å². The number of guanidine groups is 1. The molecule has 178 valence electrons. The zero-order chi connectivity index (χ0) is 22.5. The fourth-order valence-electron chi connectivity index (χ4n) is 3.18. The fraction of sp³-hybridized carbons (Fsp3) is 0.458. The molecular weight excluding hydrogens is 521 g/mol. The highest BCUT2D eigenvalue weighted by Gasteiger charge is 2.15. The van der Waals surface area contributed by atoms with Gasteiger partial charge in [-0.1, -0.05) is 43.3 Å². The van der Waals surface area contributed by atoms with Crippen molar-refractivity contribution in [3.8, 4) is 17.2 Å². The summed E-state index contributed by atoms with van der Waals surface area (Å²) < 4.78 is 22.2. The second-order valence-corrected chi connectivity index (χ2v) is 7.23. The number of nitrogens with zero attached hydrogens (tertiary/aromatic N) is 1. The van der Waals surface area contributed by atoms with E-state index in [9.17, 15) is 0 Å². The number of ether oxygens (including phenoxy) is 4. The van der Waals surface area contributed by atoms with Crippen LogP contribution in [0.4, 0.5) is 0 Å². The summed E-state index contributed by atoms with van der Waals surface area (Å²) >= 11 is 0. The fourth-order valence-corrected chi connectivity index (χ4v) is 3.18. The van der Waals surface area contributed by atoms with Crippen LogP contribution in [0, 0.1) is 5.92 Å². The summed E-state index contributed by atoms with van der Waals surface area (Å²) in [6.45, 7) is 4.94. The van der Waals surface area contributed by atoms with Gasteiger partial charge in [-0.2, -0.15) is 0 Å². The van der Waals surface area contributed by atoms with Gasteiger partial charge in [0.1, 0.15) is 0 Å². The molecule has 0 fully saturated rings. The normalized spacial score (nSPS) is 11.8. The Labute approximate surface area is 208 Å². The number of nitrogens with one attached hydrogen (secondary N) is 2. The monoisotopic (exact) mass is 557 g/mol. The number of methoxy groups -OCH3 is 3. The number of rotatable bonds is 12. The van der Waals surface area contributed by atoms with Crippen molar-refractivity contribution in [2.24, 2.45) is 10.9 Å². The van der Waals surface area contributed by atoms with Crippen LogP contribution in [0.1, 0.15) is 18.1 Å². The van der Waals surface area contributed by atoms with E-state index < -0.39 is 0 Å². The minimum atomic E-state index is 0. The molecule has 2 rings (SSSR count). The average molecular weight is 557 g/mol. The minimum absolute atomic E-state index is 0. The van der Waals surface area contributed by atoms with E-state index in [0.717, 1.165) is 24.5 Å². The molecular formula is C24H36IN3O4. The Kier molecular flexibility index (Phi) is 13.5. The molecule has 0 radical (unpaired) electrons. The Balaban J connectivity index is 0.00000512. The first-order valence-corrected chi connectivity index (χ1v) is 10.5. The van der Waals surface area contributed by atoms with Crippen LogP contribution in [0.25, 0.3) is 0 Å². The lowest BCUT2D eigenvalue weighted by molar-refractivity contribution is 0.0931. The van der Waals surface area contributed by atoms with Gasteiger partial charge in [0.25, 0.3) is 0 Å². The third kappa shape index (κ3) is 8.74. The first-order chi connectivity index (χ1) is 15.1. The van der Waals surface area contributed by atoms with Gasteiger partial charge in [-0.15, -0.1) is 24.0 Å². The number of hydrogen-bond acceptors (Lipinski definition) is 5. The molecule has 0 heterocycles. The second kappa shape index (κ2) is 15.6. The van der Waals surface area contributed by atoms with E-state index >= 15 is 0 Å². The van der Waals surface area contributed by atoms with E-state index in [1.165, 1.54) is 5.56 Å². The SMILES string of the molecule is CN=C(NCCc1ccc(OC)c(OC)c1OC)NCC(C)COCc1ccccc1.I. The summed E-state index contributed by atoms with van der Waals surface area (Å²) in [6.07, 6.45) is 0.750. The third-order valence-electron chi connectivity index (χ3n) is 4.83. The molecule has 1 atom stereocenters. The molecule has 0 bridgehead atoms. The maximum Gasteiger partial charge on any atom is 0.203 e. The predicted octanol–water partition coefficient (Wildman–Crippen LogP) is 3.89. The van der Waals surface area contributed by atoms with Gasteiger partial charge in [0, 0.05) is 25.7 Å². The van der Waals surface area contributed by atoms with Gasteiger partial charge >= 0.3 is 0 Å². The zero-order valence-electron chi connectivity index (χ0n) is 19.6. The van der Waals surface area contributed by atoms with E-state index in [2.05, 4.69) is 34.7 Å². The first kappa shape index (κ1) is 27.8. The molecule has 0 aliphatic heterocycles. The van der Waals surface area contributed by atoms with Gasteiger partial charge in [-0.3, -0.25) is 4.99 Å². The molecule has 0 saturated heterocycles. The van der Waals surface area contributed by atoms with Gasteiger partial charge in [0.05, 0.1) is 34.5 Å². The highest BCUT2D eigenvalue weighted by molar-refractivity contribution is 14.0. The van der Waals surface area contributed by atoms with Crippen molar-refractivity contribution in [2.45, 2.75) is 20.0 Å². The average Bonchev–Trinajstić information content (AvgIpc) is 2.81. The highest BCUT2D eigenvalue weighted by atomic mass is 127. The van der Waals surface area contributed by atoms with Gasteiger partial charge in [0.15, 0.2) is 17.5 Å². The molecule has 0 saturated carbocycles. The van der Waals surface area contributed by atoms with Gasteiger partial charge < -0.3 is 29.6 Å². The number of halogens is 1. The van der Waals surface area contributed by atoms with Crippen LogP contribution in [0.5, 0.6) is 17.2 Å². The second-order valence-electron chi connectivity index (χ2n) is 7.23. The van der Waals surface area contributed by atoms with Crippen LogP contribution in [-0.2, 0) is 17.8 Å². The Hall–Kier alpha value is -2.20. The van der Waals surface area contributed by atoms with Gasteiger partial charge in [0.2, 0.25) is 5.75 Å². The Morgan fingerprint density at radius 1 is 0.938 bits per heavy atom. The largest absolute Gasteiger partial charge is 0.493 e. The van der Waals surface area contributed by atoms with Crippen molar-refractivity contribution in [1.29, 1.82) is 0 Å². The summed E-state index contributed by atoms with van der Waals surface area (Å²) in [5.74, 6) is 3.06.